The van der Waals surface area contributed by atoms with Gasteiger partial charge in [-0.15, -0.1) is 0 Å². The van der Waals surface area contributed by atoms with Crippen molar-refractivity contribution in [1.29, 1.82) is 0 Å². The molecule has 0 aliphatic carbocycles. The molecule has 2 saturated heterocycles. The highest BCUT2D eigenvalue weighted by Crippen LogP contribution is 2.28. The average molecular weight is 341 g/mol. The van der Waals surface area contributed by atoms with E-state index in [0.29, 0.717) is 19.6 Å². The van der Waals surface area contributed by atoms with Crippen molar-refractivity contribution in [2.24, 2.45) is 7.05 Å². The van der Waals surface area contributed by atoms with Crippen LogP contribution in [0.1, 0.15) is 5.82 Å². The van der Waals surface area contributed by atoms with Gasteiger partial charge in [0.2, 0.25) is 0 Å². The number of sulfone groups is 1. The summed E-state index contributed by atoms with van der Waals surface area (Å²) in [6.07, 6.45) is 3.62. The molecular formula is C14H23N5O3S. The summed E-state index contributed by atoms with van der Waals surface area (Å²) in [6.45, 7) is 1.80. The minimum Gasteiger partial charge on any atom is -0.337 e. The number of fused-ring (bicyclic) bond motifs is 1. The summed E-state index contributed by atoms with van der Waals surface area (Å²) in [5.41, 5.74) is 0. The van der Waals surface area contributed by atoms with E-state index >= 15 is 0 Å². The van der Waals surface area contributed by atoms with Gasteiger partial charge in [-0.2, -0.15) is 0 Å². The van der Waals surface area contributed by atoms with E-state index < -0.39 is 9.84 Å². The summed E-state index contributed by atoms with van der Waals surface area (Å²) >= 11 is 0. The van der Waals surface area contributed by atoms with Crippen LogP contribution in [0.15, 0.2) is 12.4 Å². The van der Waals surface area contributed by atoms with Gasteiger partial charge in [-0.05, 0) is 0 Å². The van der Waals surface area contributed by atoms with Crippen LogP contribution in [0.3, 0.4) is 0 Å². The fraction of sp³-hybridized carbons (Fsp3) is 0.714. The first-order valence-corrected chi connectivity index (χ1v) is 9.49. The number of carbonyl (C=O) groups excluding carboxylic acids is 1. The van der Waals surface area contributed by atoms with Crippen LogP contribution in [0.5, 0.6) is 0 Å². The molecule has 0 radical (unpaired) electrons. The van der Waals surface area contributed by atoms with Gasteiger partial charge in [0.15, 0.2) is 9.84 Å². The molecule has 23 heavy (non-hydrogen) atoms. The molecule has 2 fully saturated rings. The number of urea groups is 1. The monoisotopic (exact) mass is 341 g/mol. The number of hydrogen-bond donors (Lipinski definition) is 0. The Labute approximate surface area is 136 Å². The Morgan fingerprint density at radius 1 is 1.30 bits per heavy atom. The number of rotatable bonds is 2. The number of nitrogens with zero attached hydrogens (tertiary/aromatic N) is 5. The fourth-order valence-electron chi connectivity index (χ4n) is 3.45. The van der Waals surface area contributed by atoms with Crippen LogP contribution in [-0.4, -0.2) is 89.5 Å². The number of imidazole rings is 1. The minimum atomic E-state index is -3.12. The Bertz CT molecular complexity index is 699. The van der Waals surface area contributed by atoms with E-state index in [1.807, 2.05) is 17.8 Å². The number of piperazine rings is 1. The maximum Gasteiger partial charge on any atom is 0.319 e. The van der Waals surface area contributed by atoms with Gasteiger partial charge in [0.25, 0.3) is 0 Å². The van der Waals surface area contributed by atoms with E-state index in [2.05, 4.69) is 9.88 Å². The Balaban J connectivity index is 1.84. The molecule has 1 aromatic rings. The highest BCUT2D eigenvalue weighted by Gasteiger charge is 2.48. The zero-order valence-electron chi connectivity index (χ0n) is 13.7. The fourth-order valence-corrected chi connectivity index (χ4v) is 5.46. The molecule has 8 nitrogen and oxygen atoms in total. The van der Waals surface area contributed by atoms with Crippen molar-refractivity contribution in [1.82, 2.24) is 24.3 Å². The second-order valence-electron chi connectivity index (χ2n) is 6.51. The molecule has 128 valence electrons. The molecule has 0 saturated carbocycles. The van der Waals surface area contributed by atoms with Gasteiger partial charge in [-0.3, -0.25) is 4.90 Å². The lowest BCUT2D eigenvalue weighted by Gasteiger charge is -2.44. The van der Waals surface area contributed by atoms with Gasteiger partial charge >= 0.3 is 6.03 Å². The molecular weight excluding hydrogens is 318 g/mol. The molecule has 3 heterocycles. The zero-order chi connectivity index (χ0) is 16.8. The quantitative estimate of drug-likeness (QED) is 0.717. The maximum absolute atomic E-state index is 12.4. The highest BCUT2D eigenvalue weighted by molar-refractivity contribution is 7.91. The van der Waals surface area contributed by atoms with Crippen LogP contribution in [0, 0.1) is 0 Å². The highest BCUT2D eigenvalue weighted by atomic mass is 32.2. The maximum atomic E-state index is 12.4. The van der Waals surface area contributed by atoms with Crippen molar-refractivity contribution in [2.45, 2.75) is 18.6 Å². The average Bonchev–Trinajstić information content (AvgIpc) is 3.01. The lowest BCUT2D eigenvalue weighted by Crippen LogP contribution is -2.61. The van der Waals surface area contributed by atoms with Crippen LogP contribution in [0.25, 0.3) is 0 Å². The first-order chi connectivity index (χ1) is 10.8. The topological polar surface area (TPSA) is 78.8 Å². The molecule has 2 amide bonds. The minimum absolute atomic E-state index is 0.0499. The third kappa shape index (κ3) is 3.07. The van der Waals surface area contributed by atoms with Gasteiger partial charge in [0.1, 0.15) is 5.82 Å². The van der Waals surface area contributed by atoms with Crippen molar-refractivity contribution in [3.05, 3.63) is 18.2 Å². The smallest absolute Gasteiger partial charge is 0.319 e. The van der Waals surface area contributed by atoms with E-state index in [-0.39, 0.29) is 29.6 Å². The SMILES string of the molecule is CN(C)C(=O)N1CCN(Cc2nccn2C)[C@H]2CS(=O)(=O)C[C@H]21. The molecule has 2 atom stereocenters. The number of carbonyl (C=O) groups is 1. The van der Waals surface area contributed by atoms with E-state index in [1.54, 1.807) is 25.2 Å². The normalized spacial score (nSPS) is 27.0. The van der Waals surface area contributed by atoms with Crippen LogP contribution < -0.4 is 0 Å². The summed E-state index contributed by atoms with van der Waals surface area (Å²) in [5.74, 6) is 1.06. The van der Waals surface area contributed by atoms with Crippen LogP contribution >= 0.6 is 0 Å². The van der Waals surface area contributed by atoms with Crippen molar-refractivity contribution >= 4 is 15.9 Å². The van der Waals surface area contributed by atoms with Crippen molar-refractivity contribution < 1.29 is 13.2 Å². The Kier molecular flexibility index (Phi) is 4.09. The molecule has 9 heteroatoms. The van der Waals surface area contributed by atoms with Gasteiger partial charge in [0.05, 0.1) is 24.1 Å². The number of aryl methyl sites for hydroxylation is 1. The molecule has 2 aliphatic rings. The predicted molar refractivity (Wildman–Crippen MR) is 85.6 cm³/mol. The summed E-state index contributed by atoms with van der Waals surface area (Å²) in [7, 11) is 2.19. The Morgan fingerprint density at radius 2 is 2.00 bits per heavy atom. The van der Waals surface area contributed by atoms with Crippen LogP contribution in [0.4, 0.5) is 4.79 Å². The number of hydrogen-bond acceptors (Lipinski definition) is 5. The van der Waals surface area contributed by atoms with E-state index in [4.69, 9.17) is 0 Å². The number of amides is 2. The largest absolute Gasteiger partial charge is 0.337 e. The van der Waals surface area contributed by atoms with Crippen molar-refractivity contribution in [3.63, 3.8) is 0 Å². The van der Waals surface area contributed by atoms with Gasteiger partial charge in [-0.25, -0.2) is 18.2 Å². The Morgan fingerprint density at radius 3 is 2.61 bits per heavy atom. The van der Waals surface area contributed by atoms with Gasteiger partial charge in [-0.1, -0.05) is 0 Å². The summed E-state index contributed by atoms with van der Waals surface area (Å²) in [6, 6.07) is -0.549. The number of aromatic nitrogens is 2. The second-order valence-corrected chi connectivity index (χ2v) is 8.66. The molecule has 2 aliphatic heterocycles. The summed E-state index contributed by atoms with van der Waals surface area (Å²) in [5, 5.41) is 0. The molecule has 0 bridgehead atoms. The first-order valence-electron chi connectivity index (χ1n) is 7.67. The summed E-state index contributed by atoms with van der Waals surface area (Å²) in [4.78, 5) is 22.0. The molecule has 0 unspecified atom stereocenters. The van der Waals surface area contributed by atoms with Gasteiger partial charge in [0, 0.05) is 52.7 Å². The van der Waals surface area contributed by atoms with Crippen molar-refractivity contribution in [3.8, 4) is 0 Å². The molecule has 3 rings (SSSR count). The molecule has 0 aromatic carbocycles. The molecule has 0 N–H and O–H groups in total. The standard InChI is InChI=1S/C14H23N5O3S/c1-16(2)14(20)19-7-6-18(8-13-15-4-5-17(13)3)11-9-23(21,22)10-12(11)19/h4-5,11-12H,6-10H2,1-3H3/t11-,12+/m0/s1. The van der Waals surface area contributed by atoms with Crippen molar-refractivity contribution in [2.75, 3.05) is 38.7 Å². The third-order valence-electron chi connectivity index (χ3n) is 4.68. The first kappa shape index (κ1) is 16.3. The third-order valence-corrected chi connectivity index (χ3v) is 6.38. The lowest BCUT2D eigenvalue weighted by atomic mass is 10.1. The van der Waals surface area contributed by atoms with Gasteiger partial charge < -0.3 is 14.4 Å². The lowest BCUT2D eigenvalue weighted by molar-refractivity contribution is 0.0501. The molecule has 1 aromatic heterocycles. The predicted octanol–water partition coefficient (Wildman–Crippen LogP) is -0.615. The Hall–Kier alpha value is -1.61. The molecule has 0 spiro atoms. The van der Waals surface area contributed by atoms with E-state index in [9.17, 15) is 13.2 Å². The summed E-state index contributed by atoms with van der Waals surface area (Å²) < 4.78 is 26.2. The second kappa shape index (κ2) is 5.79. The van der Waals surface area contributed by atoms with Crippen LogP contribution in [-0.2, 0) is 23.4 Å². The zero-order valence-corrected chi connectivity index (χ0v) is 14.5. The van der Waals surface area contributed by atoms with E-state index in [0.717, 1.165) is 5.82 Å². The van der Waals surface area contributed by atoms with E-state index in [1.165, 1.54) is 4.90 Å². The van der Waals surface area contributed by atoms with Crippen LogP contribution in [0.2, 0.25) is 0 Å².